The van der Waals surface area contributed by atoms with Crippen molar-refractivity contribution >= 4 is 41.2 Å². The number of nitrogens with zero attached hydrogens (tertiary/aromatic N) is 3. The molecule has 0 saturated carbocycles. The number of anilines is 2. The van der Waals surface area contributed by atoms with Crippen LogP contribution in [0.25, 0.3) is 0 Å². The summed E-state index contributed by atoms with van der Waals surface area (Å²) >= 11 is 0. The minimum absolute atomic E-state index is 0.125. The smallest absolute Gasteiger partial charge is 0.317 e. The van der Waals surface area contributed by atoms with E-state index in [1.807, 2.05) is 0 Å². The Kier molecular flexibility index (Phi) is 11.4. The molecule has 1 rings (SSSR count). The molecule has 15 nitrogen and oxygen atoms in total. The highest BCUT2D eigenvalue weighted by atomic mass is 16.4. The number of carboxylic acid groups (broad SMARTS) is 5. The summed E-state index contributed by atoms with van der Waals surface area (Å²) in [6.07, 6.45) is 0. The van der Waals surface area contributed by atoms with E-state index in [9.17, 15) is 39.3 Å². The van der Waals surface area contributed by atoms with Crippen LogP contribution in [0.4, 0.5) is 11.4 Å². The molecule has 0 fully saturated rings. The molecule has 0 radical (unpaired) electrons. The first-order valence-corrected chi connectivity index (χ1v) is 10.2. The van der Waals surface area contributed by atoms with E-state index in [4.69, 9.17) is 21.7 Å². The molecule has 1 unspecified atom stereocenters. The zero-order chi connectivity index (χ0) is 26.7. The summed E-state index contributed by atoms with van der Waals surface area (Å²) in [5.74, 6) is -6.50. The van der Waals surface area contributed by atoms with Crippen molar-refractivity contribution in [3.63, 3.8) is 0 Å². The summed E-state index contributed by atoms with van der Waals surface area (Å²) in [7, 11) is 0. The first-order chi connectivity index (χ1) is 16.3. The first kappa shape index (κ1) is 29.1. The van der Waals surface area contributed by atoms with Crippen molar-refractivity contribution in [2.24, 2.45) is 0 Å². The van der Waals surface area contributed by atoms with E-state index < -0.39 is 68.6 Å². The van der Waals surface area contributed by atoms with Crippen molar-refractivity contribution in [3.8, 4) is 0 Å². The maximum Gasteiger partial charge on any atom is 0.317 e. The number of carboxylic acids is 5. The number of rotatable bonds is 17. The predicted molar refractivity (Wildman–Crippen MR) is 121 cm³/mol. The number of nitrogen functional groups attached to an aromatic ring is 2. The van der Waals surface area contributed by atoms with E-state index in [2.05, 4.69) is 0 Å². The van der Waals surface area contributed by atoms with Crippen molar-refractivity contribution in [1.82, 2.24) is 14.7 Å². The average Bonchev–Trinajstić information content (AvgIpc) is 2.69. The van der Waals surface area contributed by atoms with Gasteiger partial charge < -0.3 is 37.0 Å². The molecular weight excluding hydrogens is 470 g/mol. The van der Waals surface area contributed by atoms with Gasteiger partial charge in [-0.25, -0.2) is 0 Å². The number of aliphatic carboxylic acids is 5. The minimum atomic E-state index is -1.34. The van der Waals surface area contributed by atoms with Gasteiger partial charge in [0.15, 0.2) is 0 Å². The van der Waals surface area contributed by atoms with Gasteiger partial charge in [0.25, 0.3) is 0 Å². The fourth-order valence-corrected chi connectivity index (χ4v) is 3.47. The molecular formula is C20H29N5O10. The molecule has 0 amide bonds. The van der Waals surface area contributed by atoms with E-state index in [0.29, 0.717) is 0 Å². The van der Waals surface area contributed by atoms with Crippen molar-refractivity contribution in [2.75, 3.05) is 63.8 Å². The zero-order valence-electron chi connectivity index (χ0n) is 18.7. The van der Waals surface area contributed by atoms with Crippen LogP contribution < -0.4 is 11.5 Å². The van der Waals surface area contributed by atoms with Gasteiger partial charge in [-0.2, -0.15) is 0 Å². The molecule has 15 heteroatoms. The van der Waals surface area contributed by atoms with Crippen molar-refractivity contribution < 1.29 is 49.5 Å². The number of benzene rings is 1. The average molecular weight is 499 g/mol. The highest BCUT2D eigenvalue weighted by Gasteiger charge is 2.29. The van der Waals surface area contributed by atoms with E-state index in [1.165, 1.54) is 23.1 Å². The van der Waals surface area contributed by atoms with Crippen LogP contribution in [0.1, 0.15) is 11.6 Å². The topological polar surface area (TPSA) is 248 Å². The molecule has 0 aliphatic heterocycles. The third-order valence-electron chi connectivity index (χ3n) is 4.83. The summed E-state index contributed by atoms with van der Waals surface area (Å²) in [4.78, 5) is 60.0. The Morgan fingerprint density at radius 1 is 0.686 bits per heavy atom. The fourth-order valence-electron chi connectivity index (χ4n) is 3.47. The van der Waals surface area contributed by atoms with Crippen LogP contribution in [-0.4, -0.2) is 122 Å². The first-order valence-electron chi connectivity index (χ1n) is 10.2. The van der Waals surface area contributed by atoms with Gasteiger partial charge in [-0.05, 0) is 23.8 Å². The van der Waals surface area contributed by atoms with Crippen LogP contribution in [0.5, 0.6) is 0 Å². The van der Waals surface area contributed by atoms with E-state index in [1.54, 1.807) is 0 Å². The number of nitrogens with two attached hydrogens (primary N) is 2. The molecule has 0 aromatic heterocycles. The van der Waals surface area contributed by atoms with Gasteiger partial charge in [-0.3, -0.25) is 38.7 Å². The fraction of sp³-hybridized carbons (Fsp3) is 0.450. The summed E-state index contributed by atoms with van der Waals surface area (Å²) in [6, 6.07) is 3.33. The van der Waals surface area contributed by atoms with Gasteiger partial charge in [-0.1, -0.05) is 0 Å². The predicted octanol–water partition coefficient (Wildman–Crippen LogP) is -1.78. The maximum absolute atomic E-state index is 11.5. The van der Waals surface area contributed by atoms with Crippen LogP contribution in [0.2, 0.25) is 0 Å². The minimum Gasteiger partial charge on any atom is -0.480 e. The standard InChI is InChI=1S/C20H29N5O10/c21-12-1-2-14(22)13(5-12)15(25(10-19(32)33)11-20(34)35)6-23(7-16(26)27)3-4-24(8-17(28)29)9-18(30)31/h1-2,5,15H,3-4,6-11,21-22H2,(H,26,27)(H,28,29)(H,30,31)(H,32,33)(H,34,35). The number of hydrogen-bond donors (Lipinski definition) is 7. The van der Waals surface area contributed by atoms with E-state index >= 15 is 0 Å². The number of carbonyl (C=O) groups is 5. The van der Waals surface area contributed by atoms with Crippen LogP contribution in [0.3, 0.4) is 0 Å². The molecule has 35 heavy (non-hydrogen) atoms. The third kappa shape index (κ3) is 11.1. The van der Waals surface area contributed by atoms with Gasteiger partial charge in [0, 0.05) is 31.0 Å². The Morgan fingerprint density at radius 2 is 1.11 bits per heavy atom. The quantitative estimate of drug-likeness (QED) is 0.117. The molecule has 0 heterocycles. The maximum atomic E-state index is 11.5. The Morgan fingerprint density at radius 3 is 1.57 bits per heavy atom. The second-order valence-electron chi connectivity index (χ2n) is 7.72. The van der Waals surface area contributed by atoms with Gasteiger partial charge in [-0.15, -0.1) is 0 Å². The van der Waals surface area contributed by atoms with Crippen molar-refractivity contribution in [2.45, 2.75) is 6.04 Å². The normalized spacial score (nSPS) is 12.1. The van der Waals surface area contributed by atoms with Crippen molar-refractivity contribution in [3.05, 3.63) is 23.8 Å². The van der Waals surface area contributed by atoms with E-state index in [0.717, 1.165) is 9.80 Å². The second-order valence-corrected chi connectivity index (χ2v) is 7.72. The monoisotopic (exact) mass is 499 g/mol. The Labute approximate surface area is 199 Å². The molecule has 0 spiro atoms. The lowest BCUT2D eigenvalue weighted by Gasteiger charge is -2.35. The van der Waals surface area contributed by atoms with Crippen LogP contribution in [-0.2, 0) is 24.0 Å². The molecule has 9 N–H and O–H groups in total. The molecule has 0 aliphatic carbocycles. The van der Waals surface area contributed by atoms with Crippen LogP contribution in [0.15, 0.2) is 18.2 Å². The Hall–Kier alpha value is -3.95. The lowest BCUT2D eigenvalue weighted by atomic mass is 10.0. The Bertz CT molecular complexity index is 909. The van der Waals surface area contributed by atoms with E-state index in [-0.39, 0.29) is 36.6 Å². The largest absolute Gasteiger partial charge is 0.480 e. The summed E-state index contributed by atoms with van der Waals surface area (Å²) in [6.45, 7) is -3.73. The van der Waals surface area contributed by atoms with Gasteiger partial charge in [0.05, 0.1) is 38.8 Å². The highest BCUT2D eigenvalue weighted by Crippen LogP contribution is 2.29. The molecule has 0 bridgehead atoms. The Balaban J connectivity index is 3.34. The third-order valence-corrected chi connectivity index (χ3v) is 4.83. The summed E-state index contributed by atoms with van der Waals surface area (Å²) in [5, 5.41) is 46.0. The lowest BCUT2D eigenvalue weighted by molar-refractivity contribution is -0.144. The molecule has 1 aromatic carbocycles. The molecule has 0 saturated heterocycles. The molecule has 0 aliphatic rings. The SMILES string of the molecule is Nc1ccc(N)c(C(CN(CCN(CC(=O)O)CC(=O)O)CC(=O)O)N(CC(=O)O)CC(=O)O)c1. The number of hydrogen-bond acceptors (Lipinski definition) is 10. The highest BCUT2D eigenvalue weighted by molar-refractivity contribution is 5.73. The zero-order valence-corrected chi connectivity index (χ0v) is 18.7. The lowest BCUT2D eigenvalue weighted by Crippen LogP contribution is -2.47. The summed E-state index contributed by atoms with van der Waals surface area (Å²) < 4.78 is 0. The molecule has 1 aromatic rings. The molecule has 1 atom stereocenters. The van der Waals surface area contributed by atoms with Crippen LogP contribution in [0, 0.1) is 0 Å². The van der Waals surface area contributed by atoms with Gasteiger partial charge in [0.2, 0.25) is 0 Å². The molecule has 194 valence electrons. The van der Waals surface area contributed by atoms with Gasteiger partial charge in [0.1, 0.15) is 0 Å². The summed E-state index contributed by atoms with van der Waals surface area (Å²) in [5.41, 5.74) is 12.6. The van der Waals surface area contributed by atoms with Crippen LogP contribution >= 0.6 is 0 Å². The van der Waals surface area contributed by atoms with Crippen molar-refractivity contribution in [1.29, 1.82) is 0 Å². The second kappa shape index (κ2) is 13.7. The van der Waals surface area contributed by atoms with Gasteiger partial charge >= 0.3 is 29.8 Å².